The predicted molar refractivity (Wildman–Crippen MR) is 106 cm³/mol. The normalized spacial score (nSPS) is 11.2. The third kappa shape index (κ3) is 7.65. The van der Waals surface area contributed by atoms with Gasteiger partial charge < -0.3 is 19.5 Å². The van der Waals surface area contributed by atoms with Gasteiger partial charge in [-0.2, -0.15) is 0 Å². The highest BCUT2D eigenvalue weighted by atomic mass is 16.6. The summed E-state index contributed by atoms with van der Waals surface area (Å²) in [5.74, 6) is -0.422. The Bertz CT molecular complexity index is 804. The molecule has 29 heavy (non-hydrogen) atoms. The van der Waals surface area contributed by atoms with Gasteiger partial charge in [-0.25, -0.2) is 9.59 Å². The summed E-state index contributed by atoms with van der Waals surface area (Å²) in [6.07, 6.45) is 0.577. The molecular formula is C22H25NO6. The van der Waals surface area contributed by atoms with Crippen molar-refractivity contribution in [1.82, 2.24) is 5.32 Å². The largest absolute Gasteiger partial charge is 0.467 e. The first-order valence-corrected chi connectivity index (χ1v) is 9.36. The molecule has 0 aliphatic heterocycles. The van der Waals surface area contributed by atoms with Crippen molar-refractivity contribution in [2.24, 2.45) is 0 Å². The lowest BCUT2D eigenvalue weighted by molar-refractivity contribution is -0.143. The van der Waals surface area contributed by atoms with E-state index >= 15 is 0 Å². The maximum absolute atomic E-state index is 12.1. The van der Waals surface area contributed by atoms with Gasteiger partial charge in [0.05, 0.1) is 7.11 Å². The molecule has 0 aliphatic rings. The van der Waals surface area contributed by atoms with Crippen LogP contribution < -0.4 is 10.1 Å². The predicted octanol–water partition coefficient (Wildman–Crippen LogP) is 3.40. The van der Waals surface area contributed by atoms with Crippen molar-refractivity contribution >= 4 is 18.0 Å². The zero-order valence-electron chi connectivity index (χ0n) is 16.6. The lowest BCUT2D eigenvalue weighted by Gasteiger charge is -2.16. The third-order valence-electron chi connectivity index (χ3n) is 4.16. The van der Waals surface area contributed by atoms with E-state index in [-0.39, 0.29) is 19.0 Å². The molecule has 7 nitrogen and oxygen atoms in total. The van der Waals surface area contributed by atoms with Crippen LogP contribution in [-0.2, 0) is 32.1 Å². The average Bonchev–Trinajstić information content (AvgIpc) is 2.76. The van der Waals surface area contributed by atoms with Crippen LogP contribution in [-0.4, -0.2) is 31.2 Å². The molecule has 1 amide bonds. The monoisotopic (exact) mass is 399 g/mol. The highest BCUT2D eigenvalue weighted by molar-refractivity contribution is 5.81. The Hall–Kier alpha value is -3.35. The fourth-order valence-electron chi connectivity index (χ4n) is 2.54. The Morgan fingerprint density at radius 1 is 0.966 bits per heavy atom. The van der Waals surface area contributed by atoms with E-state index in [0.717, 1.165) is 11.1 Å². The first kappa shape index (κ1) is 21.9. The molecule has 0 aliphatic carbocycles. The van der Waals surface area contributed by atoms with E-state index in [1.807, 2.05) is 30.3 Å². The fourth-order valence-corrected chi connectivity index (χ4v) is 2.54. The van der Waals surface area contributed by atoms with Gasteiger partial charge in [0.2, 0.25) is 0 Å². The molecule has 0 fully saturated rings. The van der Waals surface area contributed by atoms with E-state index in [1.54, 1.807) is 31.2 Å². The molecule has 0 radical (unpaired) electrons. The molecule has 0 heterocycles. The summed E-state index contributed by atoms with van der Waals surface area (Å²) < 4.78 is 15.0. The number of alkyl carbamates (subject to hydrolysis) is 1. The Balaban J connectivity index is 1.84. The van der Waals surface area contributed by atoms with Crippen molar-refractivity contribution in [3.8, 4) is 5.75 Å². The van der Waals surface area contributed by atoms with E-state index in [4.69, 9.17) is 14.2 Å². The van der Waals surface area contributed by atoms with Crippen molar-refractivity contribution in [2.45, 2.75) is 38.8 Å². The number of nitrogens with one attached hydrogen (secondary N) is 1. The molecule has 0 saturated carbocycles. The highest BCUT2D eigenvalue weighted by Crippen LogP contribution is 2.14. The second-order valence-electron chi connectivity index (χ2n) is 6.29. The number of esters is 2. The quantitative estimate of drug-likeness (QED) is 0.513. The Labute approximate surface area is 170 Å². The summed E-state index contributed by atoms with van der Waals surface area (Å²) in [6, 6.07) is 15.5. The van der Waals surface area contributed by atoms with Crippen molar-refractivity contribution in [2.75, 3.05) is 7.11 Å². The lowest BCUT2D eigenvalue weighted by Crippen LogP contribution is -2.42. The van der Waals surface area contributed by atoms with Crippen molar-refractivity contribution in [3.63, 3.8) is 0 Å². The Kier molecular flexibility index (Phi) is 8.69. The minimum atomic E-state index is -0.802. The molecule has 1 unspecified atom stereocenters. The Morgan fingerprint density at radius 3 is 2.28 bits per heavy atom. The fraction of sp³-hybridized carbons (Fsp3) is 0.318. The zero-order chi connectivity index (χ0) is 21.1. The first-order chi connectivity index (χ1) is 14.0. The molecule has 0 spiro atoms. The molecule has 0 bridgehead atoms. The number of methoxy groups -OCH3 is 1. The summed E-state index contributed by atoms with van der Waals surface area (Å²) in [7, 11) is 1.28. The molecule has 0 saturated heterocycles. The summed E-state index contributed by atoms with van der Waals surface area (Å²) >= 11 is 0. The number of hydrogen-bond acceptors (Lipinski definition) is 6. The lowest BCUT2D eigenvalue weighted by atomic mass is 10.1. The zero-order valence-corrected chi connectivity index (χ0v) is 16.6. The molecule has 1 atom stereocenters. The van der Waals surface area contributed by atoms with Crippen molar-refractivity contribution in [3.05, 3.63) is 65.7 Å². The second-order valence-corrected chi connectivity index (χ2v) is 6.29. The number of rotatable bonds is 9. The van der Waals surface area contributed by atoms with Gasteiger partial charge in [-0.05, 0) is 36.1 Å². The van der Waals surface area contributed by atoms with E-state index in [2.05, 4.69) is 5.32 Å². The van der Waals surface area contributed by atoms with Gasteiger partial charge in [0.15, 0.2) is 0 Å². The van der Waals surface area contributed by atoms with Gasteiger partial charge in [0.1, 0.15) is 18.4 Å². The molecule has 2 rings (SSSR count). The number of carbonyl (C=O) groups excluding carboxylic acids is 3. The van der Waals surface area contributed by atoms with Gasteiger partial charge in [0.25, 0.3) is 0 Å². The van der Waals surface area contributed by atoms with Gasteiger partial charge in [-0.1, -0.05) is 49.4 Å². The van der Waals surface area contributed by atoms with Crippen LogP contribution in [0, 0.1) is 0 Å². The van der Waals surface area contributed by atoms with Gasteiger partial charge in [-0.3, -0.25) is 4.79 Å². The summed E-state index contributed by atoms with van der Waals surface area (Å²) in [4.78, 5) is 35.3. The first-order valence-electron chi connectivity index (χ1n) is 9.36. The van der Waals surface area contributed by atoms with Crippen LogP contribution in [0.25, 0.3) is 0 Å². The van der Waals surface area contributed by atoms with Crippen molar-refractivity contribution < 1.29 is 28.6 Å². The number of aryl methyl sites for hydroxylation is 1. The van der Waals surface area contributed by atoms with Crippen molar-refractivity contribution in [1.29, 1.82) is 0 Å². The number of amides is 1. The van der Waals surface area contributed by atoms with Gasteiger partial charge in [0, 0.05) is 6.42 Å². The number of hydrogen-bond donors (Lipinski definition) is 1. The van der Waals surface area contributed by atoms with Gasteiger partial charge >= 0.3 is 18.0 Å². The molecular weight excluding hydrogens is 374 g/mol. The molecule has 2 aromatic carbocycles. The number of carbonyl (C=O) groups is 3. The molecule has 2 aromatic rings. The van der Waals surface area contributed by atoms with Crippen LogP contribution in [0.1, 0.15) is 30.9 Å². The minimum Gasteiger partial charge on any atom is -0.467 e. The molecule has 1 N–H and O–H groups in total. The second kappa shape index (κ2) is 11.5. The van der Waals surface area contributed by atoms with Crippen LogP contribution in [0.5, 0.6) is 5.75 Å². The minimum absolute atomic E-state index is 0.0143. The number of ether oxygens (including phenoxy) is 3. The van der Waals surface area contributed by atoms with Crippen LogP contribution in [0.4, 0.5) is 4.79 Å². The van der Waals surface area contributed by atoms with Gasteiger partial charge in [-0.15, -0.1) is 0 Å². The number of benzene rings is 2. The topological polar surface area (TPSA) is 90.9 Å². The van der Waals surface area contributed by atoms with Crippen LogP contribution in [0.15, 0.2) is 54.6 Å². The van der Waals surface area contributed by atoms with E-state index in [1.165, 1.54) is 7.11 Å². The maximum atomic E-state index is 12.1. The third-order valence-corrected chi connectivity index (χ3v) is 4.16. The highest BCUT2D eigenvalue weighted by Gasteiger charge is 2.22. The summed E-state index contributed by atoms with van der Waals surface area (Å²) in [5.41, 5.74) is 1.77. The van der Waals surface area contributed by atoms with Crippen LogP contribution in [0.2, 0.25) is 0 Å². The molecule has 154 valence electrons. The van der Waals surface area contributed by atoms with Crippen LogP contribution >= 0.6 is 0 Å². The summed E-state index contributed by atoms with van der Waals surface area (Å²) in [5, 5.41) is 2.55. The Morgan fingerprint density at radius 2 is 1.66 bits per heavy atom. The smallest absolute Gasteiger partial charge is 0.408 e. The molecule has 0 aromatic heterocycles. The van der Waals surface area contributed by atoms with Crippen LogP contribution in [0.3, 0.4) is 0 Å². The van der Waals surface area contributed by atoms with E-state index in [0.29, 0.717) is 18.6 Å². The van der Waals surface area contributed by atoms with E-state index < -0.39 is 18.1 Å². The summed E-state index contributed by atoms with van der Waals surface area (Å²) in [6.45, 7) is 1.73. The average molecular weight is 399 g/mol. The molecule has 7 heteroatoms. The maximum Gasteiger partial charge on any atom is 0.408 e. The SMILES string of the molecule is CCC(=O)Oc1ccc(COC(=O)NC(CCc2ccccc2)C(=O)OC)cc1. The van der Waals surface area contributed by atoms with E-state index in [9.17, 15) is 14.4 Å². The standard InChI is InChI=1S/C22H25NO6/c1-3-20(24)29-18-12-9-17(10-13-18)15-28-22(26)23-19(21(25)27-2)14-11-16-7-5-4-6-8-16/h4-10,12-13,19H,3,11,14-15H2,1-2H3,(H,23,26).